The van der Waals surface area contributed by atoms with E-state index in [0.29, 0.717) is 0 Å². The quantitative estimate of drug-likeness (QED) is 0.296. The molecule has 0 amide bonds. The predicted octanol–water partition coefficient (Wildman–Crippen LogP) is -1.23. The van der Waals surface area contributed by atoms with Gasteiger partial charge in [0.15, 0.2) is 6.29 Å². The maximum absolute atomic E-state index is 8.61. The molecule has 60 valence electrons. The molecule has 4 nitrogen and oxygen atoms in total. The first-order valence-corrected chi connectivity index (χ1v) is 3.00. The maximum atomic E-state index is 8.61. The highest BCUT2D eigenvalue weighted by Crippen LogP contribution is 2.08. The largest absolute Gasteiger partial charge is 0.379 e. The number of hydrogen-bond donors (Lipinski definition) is 4. The van der Waals surface area contributed by atoms with Crippen LogP contribution in [0.1, 0.15) is 6.42 Å². The van der Waals surface area contributed by atoms with E-state index in [1.54, 1.807) is 0 Å². The van der Waals surface area contributed by atoms with Gasteiger partial charge in [-0.3, -0.25) is 0 Å². The van der Waals surface area contributed by atoms with E-state index in [1.807, 2.05) is 0 Å². The molecule has 0 radical (unpaired) electrons. The molecule has 0 aliphatic heterocycles. The van der Waals surface area contributed by atoms with Gasteiger partial charge in [-0.05, 0) is 6.42 Å². The number of rotatable bonds is 4. The Bertz CT molecular complexity index is 103. The van der Waals surface area contributed by atoms with Crippen LogP contribution in [0.4, 0.5) is 0 Å². The molecule has 5 N–H and O–H groups in total. The highest BCUT2D eigenvalue weighted by molar-refractivity contribution is 4.81. The minimum absolute atomic E-state index is 0.112. The van der Waals surface area contributed by atoms with Crippen molar-refractivity contribution in [2.45, 2.75) is 18.9 Å². The molecule has 0 spiro atoms. The second-order valence-electron chi connectivity index (χ2n) is 2.12. The zero-order chi connectivity index (χ0) is 8.15. The Morgan fingerprint density at radius 1 is 1.40 bits per heavy atom. The molecular formula is C6H13NO3. The molecule has 0 fully saturated rings. The van der Waals surface area contributed by atoms with Gasteiger partial charge in [-0.25, -0.2) is 0 Å². The van der Waals surface area contributed by atoms with Crippen molar-refractivity contribution in [3.63, 3.8) is 0 Å². The Hall–Kier alpha value is -0.420. The van der Waals surface area contributed by atoms with Crippen molar-refractivity contribution in [2.24, 2.45) is 11.7 Å². The van der Waals surface area contributed by atoms with Crippen molar-refractivity contribution in [2.75, 3.05) is 0 Å². The molecule has 1 unspecified atom stereocenters. The van der Waals surface area contributed by atoms with E-state index in [4.69, 9.17) is 21.1 Å². The third-order valence-electron chi connectivity index (χ3n) is 1.20. The Labute approximate surface area is 59.6 Å². The first-order chi connectivity index (χ1) is 4.57. The van der Waals surface area contributed by atoms with Crippen LogP contribution in [0.2, 0.25) is 0 Å². The second-order valence-corrected chi connectivity index (χ2v) is 2.12. The van der Waals surface area contributed by atoms with Gasteiger partial charge in [-0.1, -0.05) is 6.08 Å². The van der Waals surface area contributed by atoms with Crippen LogP contribution in [0.25, 0.3) is 0 Å². The number of aliphatic hydroxyl groups excluding tert-OH is 2. The Morgan fingerprint density at radius 2 is 1.90 bits per heavy atom. The van der Waals surface area contributed by atoms with Crippen LogP contribution in [0.5, 0.6) is 0 Å². The summed E-state index contributed by atoms with van der Waals surface area (Å²) in [6.07, 6.45) is -1.05. The van der Waals surface area contributed by atoms with Gasteiger partial charge >= 0.3 is 0 Å². The molecule has 0 aromatic rings. The fourth-order valence-corrected chi connectivity index (χ4v) is 0.619. The zero-order valence-electron chi connectivity index (χ0n) is 5.64. The summed E-state index contributed by atoms with van der Waals surface area (Å²) in [5.74, 6) is -0.556. The number of aliphatic hydroxyl groups is 3. The predicted molar refractivity (Wildman–Crippen MR) is 36.7 cm³/mol. The summed E-state index contributed by atoms with van der Waals surface area (Å²) in [4.78, 5) is 0. The van der Waals surface area contributed by atoms with Crippen molar-refractivity contribution in [3.05, 3.63) is 12.7 Å². The van der Waals surface area contributed by atoms with Gasteiger partial charge in [0.1, 0.15) is 6.23 Å². The molecule has 4 heteroatoms. The van der Waals surface area contributed by atoms with Crippen LogP contribution in [0.15, 0.2) is 12.7 Å². The fourth-order valence-electron chi connectivity index (χ4n) is 0.619. The third kappa shape index (κ3) is 3.58. The lowest BCUT2D eigenvalue weighted by Gasteiger charge is -2.15. The first kappa shape index (κ1) is 9.58. The van der Waals surface area contributed by atoms with Gasteiger partial charge in [0.2, 0.25) is 0 Å². The van der Waals surface area contributed by atoms with E-state index in [-0.39, 0.29) is 6.42 Å². The minimum Gasteiger partial charge on any atom is -0.379 e. The van der Waals surface area contributed by atoms with Crippen molar-refractivity contribution in [1.29, 1.82) is 0 Å². The number of nitrogens with two attached hydrogens (primary N) is 1. The van der Waals surface area contributed by atoms with Gasteiger partial charge in [0, 0.05) is 5.92 Å². The summed E-state index contributed by atoms with van der Waals surface area (Å²) in [7, 11) is 0. The summed E-state index contributed by atoms with van der Waals surface area (Å²) in [5.41, 5.74) is 4.99. The van der Waals surface area contributed by atoms with E-state index in [9.17, 15) is 0 Å². The van der Waals surface area contributed by atoms with E-state index < -0.39 is 18.4 Å². The van der Waals surface area contributed by atoms with Crippen LogP contribution < -0.4 is 5.73 Å². The monoisotopic (exact) mass is 147 g/mol. The van der Waals surface area contributed by atoms with Crippen LogP contribution >= 0.6 is 0 Å². The molecule has 0 aromatic carbocycles. The molecule has 0 aromatic heterocycles. The highest BCUT2D eigenvalue weighted by Gasteiger charge is 2.14. The normalized spacial score (nSPS) is 16.9. The third-order valence-corrected chi connectivity index (χ3v) is 1.20. The summed E-state index contributed by atoms with van der Waals surface area (Å²) in [6, 6.07) is 0. The van der Waals surface area contributed by atoms with E-state index >= 15 is 0 Å². The van der Waals surface area contributed by atoms with Crippen molar-refractivity contribution < 1.29 is 15.3 Å². The number of hydrogen-bond acceptors (Lipinski definition) is 4. The zero-order valence-corrected chi connectivity index (χ0v) is 5.64. The SMILES string of the molecule is C=C[C@@H](CC(N)O)C(O)O. The second kappa shape index (κ2) is 4.40. The first-order valence-electron chi connectivity index (χ1n) is 3.00. The van der Waals surface area contributed by atoms with Crippen LogP contribution in [0.3, 0.4) is 0 Å². The van der Waals surface area contributed by atoms with Gasteiger partial charge in [0.25, 0.3) is 0 Å². The minimum atomic E-state index is -1.49. The van der Waals surface area contributed by atoms with Crippen LogP contribution in [-0.4, -0.2) is 27.8 Å². The lowest BCUT2D eigenvalue weighted by Crippen LogP contribution is -2.28. The molecule has 0 heterocycles. The van der Waals surface area contributed by atoms with Crippen molar-refractivity contribution >= 4 is 0 Å². The lowest BCUT2D eigenvalue weighted by molar-refractivity contribution is -0.0794. The smallest absolute Gasteiger partial charge is 0.157 e. The molecular weight excluding hydrogens is 134 g/mol. The summed E-state index contributed by atoms with van der Waals surface area (Å²) < 4.78 is 0. The molecule has 10 heavy (non-hydrogen) atoms. The molecule has 0 saturated carbocycles. The van der Waals surface area contributed by atoms with Gasteiger partial charge in [0.05, 0.1) is 0 Å². The van der Waals surface area contributed by atoms with E-state index in [0.717, 1.165) is 0 Å². The Morgan fingerprint density at radius 3 is 2.00 bits per heavy atom. The van der Waals surface area contributed by atoms with Crippen molar-refractivity contribution in [3.8, 4) is 0 Å². The standard InChI is InChI=1S/C6H13NO3/c1-2-4(6(9)10)3-5(7)8/h2,4-6,8-10H,1,3,7H2/t4-,5?/m0/s1. The molecule has 0 bridgehead atoms. The maximum Gasteiger partial charge on any atom is 0.157 e. The van der Waals surface area contributed by atoms with E-state index in [2.05, 4.69) is 6.58 Å². The highest BCUT2D eigenvalue weighted by atomic mass is 16.5. The van der Waals surface area contributed by atoms with Crippen LogP contribution in [-0.2, 0) is 0 Å². The summed E-state index contributed by atoms with van der Waals surface area (Å²) in [5, 5.41) is 25.8. The van der Waals surface area contributed by atoms with Gasteiger partial charge in [-0.2, -0.15) is 0 Å². The molecule has 0 aliphatic carbocycles. The van der Waals surface area contributed by atoms with E-state index in [1.165, 1.54) is 6.08 Å². The topological polar surface area (TPSA) is 86.7 Å². The molecule has 0 aliphatic rings. The van der Waals surface area contributed by atoms with Crippen molar-refractivity contribution in [1.82, 2.24) is 0 Å². The molecule has 0 rings (SSSR count). The average molecular weight is 147 g/mol. The summed E-state index contributed by atoms with van der Waals surface area (Å²) in [6.45, 7) is 3.35. The van der Waals surface area contributed by atoms with Crippen LogP contribution in [0, 0.1) is 5.92 Å². The van der Waals surface area contributed by atoms with Gasteiger partial charge in [-0.15, -0.1) is 6.58 Å². The molecule has 2 atom stereocenters. The molecule has 0 saturated heterocycles. The lowest BCUT2D eigenvalue weighted by atomic mass is 10.0. The van der Waals surface area contributed by atoms with Gasteiger partial charge < -0.3 is 21.1 Å². The average Bonchev–Trinajstić information content (AvgIpc) is 1.81. The Kier molecular flexibility index (Phi) is 4.22. The summed E-state index contributed by atoms with van der Waals surface area (Å²) >= 11 is 0. The Balaban J connectivity index is 3.71. The fraction of sp³-hybridized carbons (Fsp3) is 0.667.